The SMILES string of the molecule is CC(C)c1nc2n(n1)C[C@H](NCc1nc3ccccc3s1)CC2. The lowest BCUT2D eigenvalue weighted by atomic mass is 10.1. The fourth-order valence-electron chi connectivity index (χ4n) is 2.97. The third-order valence-electron chi connectivity index (χ3n) is 4.27. The van der Waals surface area contributed by atoms with Crippen LogP contribution in [0.15, 0.2) is 24.3 Å². The van der Waals surface area contributed by atoms with Gasteiger partial charge in [0, 0.05) is 24.9 Å². The predicted octanol–water partition coefficient (Wildman–Crippen LogP) is 3.12. The van der Waals surface area contributed by atoms with Gasteiger partial charge < -0.3 is 5.32 Å². The van der Waals surface area contributed by atoms with E-state index < -0.39 is 0 Å². The Morgan fingerprint density at radius 3 is 3.00 bits per heavy atom. The Bertz CT molecular complexity index is 786. The first-order valence-electron chi connectivity index (χ1n) is 8.20. The van der Waals surface area contributed by atoms with E-state index in [1.165, 1.54) is 4.70 Å². The zero-order valence-electron chi connectivity index (χ0n) is 13.5. The number of aromatic nitrogens is 4. The molecule has 0 saturated heterocycles. The van der Waals surface area contributed by atoms with Crippen molar-refractivity contribution in [3.63, 3.8) is 0 Å². The van der Waals surface area contributed by atoms with Crippen LogP contribution in [0.4, 0.5) is 0 Å². The average molecular weight is 327 g/mol. The Morgan fingerprint density at radius 2 is 2.17 bits per heavy atom. The van der Waals surface area contributed by atoms with Crippen LogP contribution < -0.4 is 5.32 Å². The number of para-hydroxylation sites is 1. The second kappa shape index (κ2) is 6.02. The van der Waals surface area contributed by atoms with E-state index in [1.54, 1.807) is 11.3 Å². The third-order valence-corrected chi connectivity index (χ3v) is 5.31. The second-order valence-electron chi connectivity index (χ2n) is 6.41. The maximum Gasteiger partial charge on any atom is 0.153 e. The molecule has 0 radical (unpaired) electrons. The van der Waals surface area contributed by atoms with Crippen LogP contribution in [-0.2, 0) is 19.5 Å². The molecule has 1 aliphatic heterocycles. The minimum Gasteiger partial charge on any atom is -0.306 e. The molecule has 120 valence electrons. The van der Waals surface area contributed by atoms with Crippen LogP contribution in [0.1, 0.15) is 42.8 Å². The maximum absolute atomic E-state index is 4.69. The quantitative estimate of drug-likeness (QED) is 0.800. The summed E-state index contributed by atoms with van der Waals surface area (Å²) in [6.45, 7) is 6.01. The van der Waals surface area contributed by atoms with E-state index in [-0.39, 0.29) is 0 Å². The summed E-state index contributed by atoms with van der Waals surface area (Å²) >= 11 is 1.77. The third kappa shape index (κ3) is 3.01. The van der Waals surface area contributed by atoms with Crippen molar-refractivity contribution in [1.29, 1.82) is 0 Å². The lowest BCUT2D eigenvalue weighted by Crippen LogP contribution is -2.37. The Balaban J connectivity index is 1.41. The molecular weight excluding hydrogens is 306 g/mol. The van der Waals surface area contributed by atoms with E-state index >= 15 is 0 Å². The van der Waals surface area contributed by atoms with Crippen molar-refractivity contribution in [3.05, 3.63) is 40.9 Å². The van der Waals surface area contributed by atoms with Crippen LogP contribution in [-0.4, -0.2) is 25.8 Å². The number of benzene rings is 1. The molecule has 3 heterocycles. The molecule has 23 heavy (non-hydrogen) atoms. The van der Waals surface area contributed by atoms with Gasteiger partial charge in [-0.05, 0) is 18.6 Å². The fraction of sp³-hybridized carbons (Fsp3) is 0.471. The highest BCUT2D eigenvalue weighted by atomic mass is 32.1. The Morgan fingerprint density at radius 1 is 1.30 bits per heavy atom. The van der Waals surface area contributed by atoms with Crippen molar-refractivity contribution >= 4 is 21.6 Å². The van der Waals surface area contributed by atoms with Gasteiger partial charge in [-0.1, -0.05) is 26.0 Å². The molecule has 1 aliphatic rings. The fourth-order valence-corrected chi connectivity index (χ4v) is 3.88. The van der Waals surface area contributed by atoms with Gasteiger partial charge in [0.05, 0.1) is 16.8 Å². The van der Waals surface area contributed by atoms with Gasteiger partial charge in [-0.2, -0.15) is 5.10 Å². The minimum absolute atomic E-state index is 0.391. The van der Waals surface area contributed by atoms with Crippen molar-refractivity contribution in [2.24, 2.45) is 0 Å². The maximum atomic E-state index is 4.69. The lowest BCUT2D eigenvalue weighted by Gasteiger charge is -2.23. The van der Waals surface area contributed by atoms with Crippen LogP contribution >= 0.6 is 11.3 Å². The summed E-state index contributed by atoms with van der Waals surface area (Å²) in [5, 5.41) is 9.43. The topological polar surface area (TPSA) is 55.6 Å². The molecule has 0 bridgehead atoms. The molecule has 2 aromatic heterocycles. The van der Waals surface area contributed by atoms with Crippen molar-refractivity contribution < 1.29 is 0 Å². The first-order valence-corrected chi connectivity index (χ1v) is 9.02. The number of nitrogens with one attached hydrogen (secondary N) is 1. The molecule has 0 amide bonds. The van der Waals surface area contributed by atoms with Gasteiger partial charge in [-0.15, -0.1) is 11.3 Å². The van der Waals surface area contributed by atoms with Gasteiger partial charge in [0.25, 0.3) is 0 Å². The van der Waals surface area contributed by atoms with E-state index in [2.05, 4.69) is 57.1 Å². The lowest BCUT2D eigenvalue weighted by molar-refractivity contribution is 0.357. The van der Waals surface area contributed by atoms with Crippen LogP contribution in [0.2, 0.25) is 0 Å². The molecule has 1 aromatic carbocycles. The second-order valence-corrected chi connectivity index (χ2v) is 7.53. The van der Waals surface area contributed by atoms with Crippen molar-refractivity contribution in [2.75, 3.05) is 0 Å². The number of aryl methyl sites for hydroxylation is 1. The zero-order chi connectivity index (χ0) is 15.8. The Hall–Kier alpha value is -1.79. The summed E-state index contributed by atoms with van der Waals surface area (Å²) in [7, 11) is 0. The molecule has 5 nitrogen and oxygen atoms in total. The van der Waals surface area contributed by atoms with E-state index in [0.717, 1.165) is 48.1 Å². The monoisotopic (exact) mass is 327 g/mol. The number of nitrogens with zero attached hydrogens (tertiary/aromatic N) is 4. The summed E-state index contributed by atoms with van der Waals surface area (Å²) in [5.74, 6) is 2.49. The summed E-state index contributed by atoms with van der Waals surface area (Å²) in [6, 6.07) is 8.75. The summed E-state index contributed by atoms with van der Waals surface area (Å²) in [4.78, 5) is 9.34. The van der Waals surface area contributed by atoms with E-state index in [9.17, 15) is 0 Å². The number of thiazole rings is 1. The molecule has 0 spiro atoms. The Kier molecular flexibility index (Phi) is 3.87. The highest BCUT2D eigenvalue weighted by molar-refractivity contribution is 7.18. The van der Waals surface area contributed by atoms with E-state index in [4.69, 9.17) is 0 Å². The van der Waals surface area contributed by atoms with E-state index in [0.29, 0.717) is 12.0 Å². The van der Waals surface area contributed by atoms with Gasteiger partial charge in [-0.25, -0.2) is 14.6 Å². The van der Waals surface area contributed by atoms with Gasteiger partial charge >= 0.3 is 0 Å². The highest BCUT2D eigenvalue weighted by Crippen LogP contribution is 2.22. The number of hydrogen-bond acceptors (Lipinski definition) is 5. The predicted molar refractivity (Wildman–Crippen MR) is 92.7 cm³/mol. The van der Waals surface area contributed by atoms with Crippen LogP contribution in [0, 0.1) is 0 Å². The molecule has 0 fully saturated rings. The number of rotatable bonds is 4. The molecule has 6 heteroatoms. The zero-order valence-corrected chi connectivity index (χ0v) is 14.3. The highest BCUT2D eigenvalue weighted by Gasteiger charge is 2.22. The first-order chi connectivity index (χ1) is 11.2. The largest absolute Gasteiger partial charge is 0.306 e. The van der Waals surface area contributed by atoms with Crippen LogP contribution in [0.25, 0.3) is 10.2 Å². The van der Waals surface area contributed by atoms with Gasteiger partial charge in [0.15, 0.2) is 5.82 Å². The Labute approximate surface area is 139 Å². The molecule has 1 atom stereocenters. The molecule has 0 aliphatic carbocycles. The van der Waals surface area contributed by atoms with E-state index in [1.807, 2.05) is 6.07 Å². The normalized spacial score (nSPS) is 17.8. The molecule has 3 aromatic rings. The molecule has 4 rings (SSSR count). The number of fused-ring (bicyclic) bond motifs is 2. The summed E-state index contributed by atoms with van der Waals surface area (Å²) in [5.41, 5.74) is 1.10. The number of hydrogen-bond donors (Lipinski definition) is 1. The van der Waals surface area contributed by atoms with Crippen molar-refractivity contribution in [3.8, 4) is 0 Å². The summed E-state index contributed by atoms with van der Waals surface area (Å²) < 4.78 is 3.34. The van der Waals surface area contributed by atoms with Crippen LogP contribution in [0.5, 0.6) is 0 Å². The standard InChI is InChI=1S/C17H21N5S/c1-11(2)17-20-15-8-7-12(10-22(15)21-17)18-9-16-19-13-5-3-4-6-14(13)23-16/h3-6,11-12,18H,7-10H2,1-2H3/t12-/m1/s1. The van der Waals surface area contributed by atoms with Gasteiger partial charge in [0.2, 0.25) is 0 Å². The first kappa shape index (κ1) is 14.8. The summed E-state index contributed by atoms with van der Waals surface area (Å²) in [6.07, 6.45) is 2.11. The molecule has 0 unspecified atom stereocenters. The smallest absolute Gasteiger partial charge is 0.153 e. The van der Waals surface area contributed by atoms with Gasteiger partial charge in [-0.3, -0.25) is 0 Å². The van der Waals surface area contributed by atoms with Crippen molar-refractivity contribution in [2.45, 2.75) is 51.7 Å². The van der Waals surface area contributed by atoms with Gasteiger partial charge in [0.1, 0.15) is 10.8 Å². The molecule has 0 saturated carbocycles. The minimum atomic E-state index is 0.391. The van der Waals surface area contributed by atoms with Crippen molar-refractivity contribution in [1.82, 2.24) is 25.1 Å². The molecule has 1 N–H and O–H groups in total. The molecular formula is C17H21N5S. The van der Waals surface area contributed by atoms with Crippen LogP contribution in [0.3, 0.4) is 0 Å². The average Bonchev–Trinajstić information content (AvgIpc) is 3.15.